The fourth-order valence-electron chi connectivity index (χ4n) is 1.73. The van der Waals surface area contributed by atoms with Crippen LogP contribution in [0.4, 0.5) is 13.2 Å². The number of benzene rings is 1. The van der Waals surface area contributed by atoms with Gasteiger partial charge in [0, 0.05) is 5.56 Å². The molecule has 0 fully saturated rings. The molecule has 0 aliphatic carbocycles. The molecule has 0 aliphatic rings. The summed E-state index contributed by atoms with van der Waals surface area (Å²) in [7, 11) is 0. The molecule has 0 bridgehead atoms. The van der Waals surface area contributed by atoms with Crippen LogP contribution in [0.1, 0.15) is 6.92 Å². The van der Waals surface area contributed by atoms with Crippen LogP contribution in [-0.2, 0) is 4.79 Å². The van der Waals surface area contributed by atoms with E-state index in [2.05, 4.69) is 10.2 Å². The minimum absolute atomic E-state index is 0.180. The molecule has 6 nitrogen and oxygen atoms in total. The third-order valence-electron chi connectivity index (χ3n) is 2.89. The van der Waals surface area contributed by atoms with E-state index in [1.807, 2.05) is 0 Å². The van der Waals surface area contributed by atoms with Gasteiger partial charge in [0.1, 0.15) is 6.54 Å². The van der Waals surface area contributed by atoms with Gasteiger partial charge in [-0.25, -0.2) is 4.68 Å². The summed E-state index contributed by atoms with van der Waals surface area (Å²) in [6, 6.07) is 6.84. The molecule has 1 aromatic carbocycles. The SMILES string of the molecule is CC(Sc1nnc(-c2ccccc2Cl)n1N)C(=O)NCC(F)(F)F. The van der Waals surface area contributed by atoms with Gasteiger partial charge in [0.05, 0.1) is 10.3 Å². The Labute approximate surface area is 144 Å². The molecule has 3 N–H and O–H groups in total. The highest BCUT2D eigenvalue weighted by Crippen LogP contribution is 2.29. The smallest absolute Gasteiger partial charge is 0.346 e. The summed E-state index contributed by atoms with van der Waals surface area (Å²) in [5.74, 6) is 5.40. The highest BCUT2D eigenvalue weighted by molar-refractivity contribution is 8.00. The van der Waals surface area contributed by atoms with Crippen molar-refractivity contribution in [2.45, 2.75) is 23.5 Å². The number of nitrogen functional groups attached to an aromatic ring is 1. The lowest BCUT2D eigenvalue weighted by atomic mass is 10.2. The Morgan fingerprint density at radius 3 is 2.71 bits per heavy atom. The van der Waals surface area contributed by atoms with Gasteiger partial charge in [0.25, 0.3) is 0 Å². The topological polar surface area (TPSA) is 85.8 Å². The lowest BCUT2D eigenvalue weighted by Gasteiger charge is -2.13. The number of nitrogens with one attached hydrogen (secondary N) is 1. The second kappa shape index (κ2) is 7.31. The highest BCUT2D eigenvalue weighted by Gasteiger charge is 2.29. The standard InChI is InChI=1S/C13H13ClF3N5OS/c1-7(11(23)19-6-13(15,16)17)24-12-21-20-10(22(12)18)8-4-2-3-5-9(8)14/h2-5,7H,6,18H2,1H3,(H,19,23). The van der Waals surface area contributed by atoms with Crippen molar-refractivity contribution in [2.75, 3.05) is 12.4 Å². The number of carbonyl (C=O) groups is 1. The monoisotopic (exact) mass is 379 g/mol. The molecule has 1 atom stereocenters. The maximum atomic E-state index is 12.1. The third kappa shape index (κ3) is 4.54. The van der Waals surface area contributed by atoms with E-state index >= 15 is 0 Å². The zero-order valence-electron chi connectivity index (χ0n) is 12.3. The molecule has 24 heavy (non-hydrogen) atoms. The van der Waals surface area contributed by atoms with E-state index in [4.69, 9.17) is 17.4 Å². The van der Waals surface area contributed by atoms with Gasteiger partial charge in [0.15, 0.2) is 5.82 Å². The molecule has 0 radical (unpaired) electrons. The fourth-order valence-corrected chi connectivity index (χ4v) is 2.74. The zero-order chi connectivity index (χ0) is 17.9. The van der Waals surface area contributed by atoms with Gasteiger partial charge >= 0.3 is 6.18 Å². The molecule has 1 aromatic heterocycles. The van der Waals surface area contributed by atoms with Crippen molar-refractivity contribution in [1.82, 2.24) is 20.2 Å². The lowest BCUT2D eigenvalue weighted by Crippen LogP contribution is -2.38. The average molecular weight is 380 g/mol. The summed E-state index contributed by atoms with van der Waals surface area (Å²) in [4.78, 5) is 11.7. The number of hydrogen-bond donors (Lipinski definition) is 2. The normalized spacial score (nSPS) is 12.9. The van der Waals surface area contributed by atoms with E-state index in [9.17, 15) is 18.0 Å². The van der Waals surface area contributed by atoms with Crippen molar-refractivity contribution in [3.8, 4) is 11.4 Å². The minimum Gasteiger partial charge on any atom is -0.346 e. The molecule has 2 aromatic rings. The van der Waals surface area contributed by atoms with E-state index in [0.29, 0.717) is 10.6 Å². The number of alkyl halides is 3. The Balaban J connectivity index is 2.09. The maximum Gasteiger partial charge on any atom is 0.405 e. The van der Waals surface area contributed by atoms with Gasteiger partial charge in [-0.2, -0.15) is 13.2 Å². The Morgan fingerprint density at radius 2 is 2.08 bits per heavy atom. The van der Waals surface area contributed by atoms with E-state index in [1.165, 1.54) is 6.92 Å². The lowest BCUT2D eigenvalue weighted by molar-refractivity contribution is -0.137. The number of carbonyl (C=O) groups excluding carboxylic acids is 1. The Hall–Kier alpha value is -1.94. The molecule has 11 heteroatoms. The Morgan fingerprint density at radius 1 is 1.42 bits per heavy atom. The molecule has 1 amide bonds. The maximum absolute atomic E-state index is 12.1. The van der Waals surface area contributed by atoms with Crippen LogP contribution >= 0.6 is 23.4 Å². The first-order valence-electron chi connectivity index (χ1n) is 6.65. The van der Waals surface area contributed by atoms with Gasteiger partial charge in [-0.1, -0.05) is 35.5 Å². The molecule has 0 saturated heterocycles. The number of rotatable bonds is 5. The van der Waals surface area contributed by atoms with Crippen LogP contribution in [0.5, 0.6) is 0 Å². The Kier molecular flexibility index (Phi) is 5.60. The van der Waals surface area contributed by atoms with Gasteiger partial charge in [0.2, 0.25) is 11.1 Å². The predicted molar refractivity (Wildman–Crippen MR) is 85.0 cm³/mol. The first-order valence-corrected chi connectivity index (χ1v) is 7.91. The third-order valence-corrected chi connectivity index (χ3v) is 4.28. The predicted octanol–water partition coefficient (Wildman–Crippen LogP) is 2.47. The number of nitrogens with zero attached hydrogens (tertiary/aromatic N) is 3. The van der Waals surface area contributed by atoms with E-state index in [-0.39, 0.29) is 11.0 Å². The molecule has 1 unspecified atom stereocenters. The summed E-state index contributed by atoms with van der Waals surface area (Å²) in [6.45, 7) is 0.0527. The minimum atomic E-state index is -4.47. The van der Waals surface area contributed by atoms with Crippen LogP contribution in [0.3, 0.4) is 0 Å². The van der Waals surface area contributed by atoms with Crippen LogP contribution in [0.15, 0.2) is 29.4 Å². The Bertz CT molecular complexity index is 737. The molecular weight excluding hydrogens is 367 g/mol. The molecule has 130 valence electrons. The first-order chi connectivity index (χ1) is 11.2. The summed E-state index contributed by atoms with van der Waals surface area (Å²) in [6.07, 6.45) is -4.47. The molecule has 0 saturated carbocycles. The second-order valence-corrected chi connectivity index (χ2v) is 6.46. The first kappa shape index (κ1) is 18.4. The average Bonchev–Trinajstić information content (AvgIpc) is 2.85. The van der Waals surface area contributed by atoms with Crippen molar-refractivity contribution < 1.29 is 18.0 Å². The van der Waals surface area contributed by atoms with Crippen LogP contribution in [0.25, 0.3) is 11.4 Å². The molecular formula is C13H13ClF3N5OS. The quantitative estimate of drug-likeness (QED) is 0.615. The van der Waals surface area contributed by atoms with Crippen LogP contribution in [0, 0.1) is 0 Å². The fraction of sp³-hybridized carbons (Fsp3) is 0.308. The number of amides is 1. The summed E-state index contributed by atoms with van der Waals surface area (Å²) < 4.78 is 37.5. The largest absolute Gasteiger partial charge is 0.405 e. The molecule has 1 heterocycles. The number of halogens is 4. The second-order valence-electron chi connectivity index (χ2n) is 4.75. The van der Waals surface area contributed by atoms with Crippen molar-refractivity contribution in [1.29, 1.82) is 0 Å². The zero-order valence-corrected chi connectivity index (χ0v) is 13.9. The van der Waals surface area contributed by atoms with Crippen LogP contribution in [-0.4, -0.2) is 38.8 Å². The van der Waals surface area contributed by atoms with E-state index in [1.54, 1.807) is 29.6 Å². The van der Waals surface area contributed by atoms with Crippen molar-refractivity contribution >= 4 is 29.3 Å². The van der Waals surface area contributed by atoms with Gasteiger partial charge < -0.3 is 11.2 Å². The number of aromatic nitrogens is 3. The summed E-state index contributed by atoms with van der Waals surface area (Å²) in [5, 5.41) is 9.34. The van der Waals surface area contributed by atoms with Crippen molar-refractivity contribution in [3.05, 3.63) is 29.3 Å². The van der Waals surface area contributed by atoms with E-state index < -0.39 is 23.9 Å². The van der Waals surface area contributed by atoms with Crippen LogP contribution in [0.2, 0.25) is 5.02 Å². The van der Waals surface area contributed by atoms with Gasteiger partial charge in [-0.3, -0.25) is 4.79 Å². The number of nitrogens with two attached hydrogens (primary N) is 1. The van der Waals surface area contributed by atoms with Crippen LogP contribution < -0.4 is 11.2 Å². The van der Waals surface area contributed by atoms with Gasteiger partial charge in [-0.15, -0.1) is 10.2 Å². The molecule has 2 rings (SSSR count). The van der Waals surface area contributed by atoms with E-state index in [0.717, 1.165) is 16.4 Å². The van der Waals surface area contributed by atoms with Crippen molar-refractivity contribution in [2.24, 2.45) is 0 Å². The highest BCUT2D eigenvalue weighted by atomic mass is 35.5. The molecule has 0 spiro atoms. The van der Waals surface area contributed by atoms with Crippen molar-refractivity contribution in [3.63, 3.8) is 0 Å². The number of thioether (sulfide) groups is 1. The van der Waals surface area contributed by atoms with Gasteiger partial charge in [-0.05, 0) is 19.1 Å². The molecule has 0 aliphatic heterocycles. The summed E-state index contributed by atoms with van der Waals surface area (Å²) >= 11 is 6.96. The summed E-state index contributed by atoms with van der Waals surface area (Å²) in [5.41, 5.74) is 0.551. The number of hydrogen-bond acceptors (Lipinski definition) is 5.